The number of nitrogens with zero attached hydrogens (tertiary/aromatic N) is 1. The Morgan fingerprint density at radius 1 is 1.14 bits per heavy atom. The van der Waals surface area contributed by atoms with Gasteiger partial charge in [0, 0.05) is 24.6 Å². The van der Waals surface area contributed by atoms with Crippen molar-refractivity contribution < 1.29 is 0 Å². The summed E-state index contributed by atoms with van der Waals surface area (Å²) in [6.45, 7) is 6.09. The Morgan fingerprint density at radius 2 is 1.86 bits per heavy atom. The van der Waals surface area contributed by atoms with Crippen LogP contribution in [0.15, 0.2) is 73.6 Å². The first-order valence-corrected chi connectivity index (χ1v) is 7.22. The molecular formula is C19H21N3. The van der Waals surface area contributed by atoms with Gasteiger partial charge in [0.1, 0.15) is 0 Å². The first-order chi connectivity index (χ1) is 10.7. The van der Waals surface area contributed by atoms with Crippen LogP contribution in [0, 0.1) is 0 Å². The molecule has 2 aromatic rings. The summed E-state index contributed by atoms with van der Waals surface area (Å²) in [7, 11) is 1.92. The van der Waals surface area contributed by atoms with Crippen LogP contribution in [0.3, 0.4) is 0 Å². The highest BCUT2D eigenvalue weighted by Crippen LogP contribution is 2.19. The number of hydrogen-bond donors (Lipinski definition) is 2. The normalized spacial score (nSPS) is 11.5. The lowest BCUT2D eigenvalue weighted by Gasteiger charge is -2.11. The summed E-state index contributed by atoms with van der Waals surface area (Å²) >= 11 is 0. The van der Waals surface area contributed by atoms with E-state index < -0.39 is 0 Å². The Kier molecular flexibility index (Phi) is 5.55. The lowest BCUT2D eigenvalue weighted by atomic mass is 10.1. The molecule has 0 unspecified atom stereocenters. The minimum absolute atomic E-state index is 0.850. The number of pyridine rings is 1. The molecule has 2 rings (SSSR count). The van der Waals surface area contributed by atoms with Gasteiger partial charge in [0.15, 0.2) is 0 Å². The van der Waals surface area contributed by atoms with E-state index in [2.05, 4.69) is 52.5 Å². The van der Waals surface area contributed by atoms with Gasteiger partial charge < -0.3 is 10.6 Å². The minimum atomic E-state index is 0.850. The fourth-order valence-corrected chi connectivity index (χ4v) is 2.05. The first kappa shape index (κ1) is 15.6. The van der Waals surface area contributed by atoms with Crippen molar-refractivity contribution in [1.29, 1.82) is 0 Å². The van der Waals surface area contributed by atoms with E-state index in [1.807, 2.05) is 38.3 Å². The third kappa shape index (κ3) is 4.09. The predicted molar refractivity (Wildman–Crippen MR) is 95.2 cm³/mol. The van der Waals surface area contributed by atoms with Gasteiger partial charge in [0.05, 0.1) is 11.9 Å². The van der Waals surface area contributed by atoms with Gasteiger partial charge in [-0.3, -0.25) is 4.98 Å². The summed E-state index contributed by atoms with van der Waals surface area (Å²) < 4.78 is 0. The van der Waals surface area contributed by atoms with E-state index in [9.17, 15) is 0 Å². The van der Waals surface area contributed by atoms with Gasteiger partial charge in [-0.05, 0) is 36.3 Å². The molecule has 0 aliphatic heterocycles. The number of benzene rings is 1. The van der Waals surface area contributed by atoms with Gasteiger partial charge in [-0.15, -0.1) is 0 Å². The summed E-state index contributed by atoms with van der Waals surface area (Å²) in [5.41, 5.74) is 5.05. The van der Waals surface area contributed by atoms with Crippen LogP contribution < -0.4 is 10.6 Å². The topological polar surface area (TPSA) is 37.0 Å². The number of hydrogen-bond acceptors (Lipinski definition) is 3. The van der Waals surface area contributed by atoms with Crippen LogP contribution in [0.2, 0.25) is 0 Å². The van der Waals surface area contributed by atoms with E-state index in [0.717, 1.165) is 28.2 Å². The van der Waals surface area contributed by atoms with Gasteiger partial charge in [-0.2, -0.15) is 0 Å². The molecule has 3 nitrogen and oxygen atoms in total. The zero-order valence-electron chi connectivity index (χ0n) is 13.0. The second-order valence-corrected chi connectivity index (χ2v) is 4.78. The summed E-state index contributed by atoms with van der Waals surface area (Å²) in [5, 5.41) is 6.46. The molecule has 0 aliphatic carbocycles. The molecule has 112 valence electrons. The predicted octanol–water partition coefficient (Wildman–Crippen LogP) is 4.30. The molecule has 1 heterocycles. The SMILES string of the molecule is C=C(Nc1cccnc1)c1ccc(/C(=C/C=C\C)NC)cc1. The maximum atomic E-state index is 4.08. The molecule has 0 bridgehead atoms. The van der Waals surface area contributed by atoms with E-state index in [4.69, 9.17) is 0 Å². The van der Waals surface area contributed by atoms with Crippen molar-refractivity contribution in [2.75, 3.05) is 12.4 Å². The second-order valence-electron chi connectivity index (χ2n) is 4.78. The van der Waals surface area contributed by atoms with E-state index in [0.29, 0.717) is 0 Å². The number of anilines is 1. The monoisotopic (exact) mass is 291 g/mol. The molecule has 0 radical (unpaired) electrons. The van der Waals surface area contributed by atoms with E-state index >= 15 is 0 Å². The quantitative estimate of drug-likeness (QED) is 0.779. The maximum absolute atomic E-state index is 4.08. The van der Waals surface area contributed by atoms with Gasteiger partial charge in [0.2, 0.25) is 0 Å². The summed E-state index contributed by atoms with van der Waals surface area (Å²) in [6.07, 6.45) is 9.60. The van der Waals surface area contributed by atoms with Crippen molar-refractivity contribution in [3.8, 4) is 0 Å². The number of aromatic nitrogens is 1. The summed E-state index contributed by atoms with van der Waals surface area (Å²) in [6, 6.07) is 12.1. The Bertz CT molecular complexity index is 668. The highest BCUT2D eigenvalue weighted by Gasteiger charge is 2.02. The first-order valence-electron chi connectivity index (χ1n) is 7.22. The average Bonchev–Trinajstić information content (AvgIpc) is 2.57. The zero-order chi connectivity index (χ0) is 15.8. The van der Waals surface area contributed by atoms with Gasteiger partial charge >= 0.3 is 0 Å². The molecule has 0 spiro atoms. The molecule has 0 saturated heterocycles. The van der Waals surface area contributed by atoms with Crippen molar-refractivity contribution in [2.24, 2.45) is 0 Å². The van der Waals surface area contributed by atoms with E-state index in [1.165, 1.54) is 0 Å². The van der Waals surface area contributed by atoms with Gasteiger partial charge in [-0.25, -0.2) is 0 Å². The third-order valence-corrected chi connectivity index (χ3v) is 3.23. The van der Waals surface area contributed by atoms with Crippen LogP contribution in [0.5, 0.6) is 0 Å². The average molecular weight is 291 g/mol. The molecule has 0 saturated carbocycles. The lowest BCUT2D eigenvalue weighted by molar-refractivity contribution is 1.13. The maximum Gasteiger partial charge on any atom is 0.0570 e. The van der Waals surface area contributed by atoms with Crippen LogP contribution in [-0.4, -0.2) is 12.0 Å². The number of rotatable bonds is 6. The van der Waals surface area contributed by atoms with E-state index in [1.54, 1.807) is 12.4 Å². The van der Waals surface area contributed by atoms with E-state index in [-0.39, 0.29) is 0 Å². The standard InChI is InChI=1S/C19H21N3/c1-4-5-8-19(20-3)17-11-9-16(10-12-17)15(2)22-18-7-6-13-21-14-18/h4-14,20,22H,2H2,1,3H3/b5-4-,19-8-. The number of allylic oxidation sites excluding steroid dienone is 3. The molecule has 0 fully saturated rings. The Morgan fingerprint density at radius 3 is 2.45 bits per heavy atom. The highest BCUT2D eigenvalue weighted by molar-refractivity contribution is 5.76. The van der Waals surface area contributed by atoms with Crippen LogP contribution >= 0.6 is 0 Å². The molecule has 0 amide bonds. The molecule has 2 N–H and O–H groups in total. The zero-order valence-corrected chi connectivity index (χ0v) is 13.0. The van der Waals surface area contributed by atoms with Crippen LogP contribution in [-0.2, 0) is 0 Å². The Hall–Kier alpha value is -2.81. The fourth-order valence-electron chi connectivity index (χ4n) is 2.05. The summed E-state index contributed by atoms with van der Waals surface area (Å²) in [4.78, 5) is 4.08. The van der Waals surface area contributed by atoms with Gasteiger partial charge in [0.25, 0.3) is 0 Å². The largest absolute Gasteiger partial charge is 0.388 e. The molecule has 3 heteroatoms. The summed E-state index contributed by atoms with van der Waals surface area (Å²) in [5.74, 6) is 0. The fraction of sp³-hybridized carbons (Fsp3) is 0.105. The van der Waals surface area contributed by atoms with Gasteiger partial charge in [-0.1, -0.05) is 43.0 Å². The Labute approximate surface area is 132 Å². The van der Waals surface area contributed by atoms with Crippen LogP contribution in [0.4, 0.5) is 5.69 Å². The van der Waals surface area contributed by atoms with Crippen molar-refractivity contribution in [1.82, 2.24) is 10.3 Å². The molecule has 0 atom stereocenters. The smallest absolute Gasteiger partial charge is 0.0570 e. The molecule has 22 heavy (non-hydrogen) atoms. The highest BCUT2D eigenvalue weighted by atomic mass is 14.9. The number of nitrogens with one attached hydrogen (secondary N) is 2. The Balaban J connectivity index is 2.13. The molecule has 0 aliphatic rings. The van der Waals surface area contributed by atoms with Crippen molar-refractivity contribution >= 4 is 17.1 Å². The van der Waals surface area contributed by atoms with Crippen molar-refractivity contribution in [3.05, 3.63) is 84.7 Å². The second kappa shape index (κ2) is 7.84. The van der Waals surface area contributed by atoms with Crippen LogP contribution in [0.1, 0.15) is 18.1 Å². The molecule has 1 aromatic heterocycles. The minimum Gasteiger partial charge on any atom is -0.388 e. The molecular weight excluding hydrogens is 270 g/mol. The van der Waals surface area contributed by atoms with Crippen molar-refractivity contribution in [3.63, 3.8) is 0 Å². The van der Waals surface area contributed by atoms with Crippen molar-refractivity contribution in [2.45, 2.75) is 6.92 Å². The molecule has 1 aromatic carbocycles. The van der Waals surface area contributed by atoms with Crippen LogP contribution in [0.25, 0.3) is 11.4 Å². The third-order valence-electron chi connectivity index (χ3n) is 3.23. The lowest BCUT2D eigenvalue weighted by Crippen LogP contribution is -2.04.